The van der Waals surface area contributed by atoms with Crippen molar-refractivity contribution >= 4 is 11.8 Å². The molecule has 0 aliphatic heterocycles. The van der Waals surface area contributed by atoms with E-state index in [1.165, 1.54) is 0 Å². The van der Waals surface area contributed by atoms with Gasteiger partial charge in [-0.15, -0.1) is 0 Å². The molecule has 0 unspecified atom stereocenters. The summed E-state index contributed by atoms with van der Waals surface area (Å²) in [6.45, 7) is 2.48. The van der Waals surface area contributed by atoms with Crippen molar-refractivity contribution in [1.82, 2.24) is 10.8 Å². The number of benzene rings is 1. The van der Waals surface area contributed by atoms with Crippen molar-refractivity contribution in [2.75, 3.05) is 13.2 Å². The van der Waals surface area contributed by atoms with Crippen LogP contribution >= 0.6 is 0 Å². The van der Waals surface area contributed by atoms with E-state index in [2.05, 4.69) is 10.8 Å². The van der Waals surface area contributed by atoms with E-state index in [0.717, 1.165) is 0 Å². The van der Waals surface area contributed by atoms with Gasteiger partial charge < -0.3 is 5.32 Å². The third kappa shape index (κ3) is 5.12. The van der Waals surface area contributed by atoms with Crippen LogP contribution in [0.1, 0.15) is 23.7 Å². The SMILES string of the molecule is CCONC(=O)CCNC(=O)c1ccccc1. The van der Waals surface area contributed by atoms with Crippen molar-refractivity contribution in [1.29, 1.82) is 0 Å². The molecule has 1 rings (SSSR count). The molecule has 17 heavy (non-hydrogen) atoms. The number of hydrogen-bond acceptors (Lipinski definition) is 3. The van der Waals surface area contributed by atoms with Gasteiger partial charge in [0.15, 0.2) is 0 Å². The highest BCUT2D eigenvalue weighted by molar-refractivity contribution is 5.94. The van der Waals surface area contributed by atoms with Crippen LogP contribution in [-0.2, 0) is 9.63 Å². The molecule has 0 atom stereocenters. The number of carbonyl (C=O) groups is 2. The molecule has 0 aliphatic rings. The summed E-state index contributed by atoms with van der Waals surface area (Å²) in [6, 6.07) is 8.85. The van der Waals surface area contributed by atoms with Crippen LogP contribution < -0.4 is 10.8 Å². The predicted molar refractivity (Wildman–Crippen MR) is 63.2 cm³/mol. The largest absolute Gasteiger partial charge is 0.352 e. The lowest BCUT2D eigenvalue weighted by atomic mass is 10.2. The van der Waals surface area contributed by atoms with Gasteiger partial charge in [0, 0.05) is 18.5 Å². The van der Waals surface area contributed by atoms with Gasteiger partial charge in [0.2, 0.25) is 5.91 Å². The third-order valence-electron chi connectivity index (χ3n) is 2.00. The van der Waals surface area contributed by atoms with Gasteiger partial charge in [0.25, 0.3) is 5.91 Å². The first-order valence-electron chi connectivity index (χ1n) is 5.48. The van der Waals surface area contributed by atoms with Gasteiger partial charge in [-0.25, -0.2) is 5.48 Å². The second-order valence-corrected chi connectivity index (χ2v) is 3.33. The first-order chi connectivity index (χ1) is 8.24. The molecule has 0 spiro atoms. The molecule has 0 heterocycles. The Kier molecular flexibility index (Phi) is 5.74. The van der Waals surface area contributed by atoms with E-state index >= 15 is 0 Å². The highest BCUT2D eigenvalue weighted by atomic mass is 16.6. The molecule has 1 aromatic rings. The van der Waals surface area contributed by atoms with Crippen LogP contribution in [0.15, 0.2) is 30.3 Å². The molecule has 0 aliphatic carbocycles. The maximum atomic E-state index is 11.6. The number of carbonyl (C=O) groups excluding carboxylic acids is 2. The minimum Gasteiger partial charge on any atom is -0.352 e. The van der Waals surface area contributed by atoms with Crippen LogP contribution in [0.3, 0.4) is 0 Å². The summed E-state index contributed by atoms with van der Waals surface area (Å²) in [4.78, 5) is 27.4. The van der Waals surface area contributed by atoms with Crippen LogP contribution in [0.25, 0.3) is 0 Å². The van der Waals surface area contributed by atoms with Crippen LogP contribution in [-0.4, -0.2) is 25.0 Å². The molecule has 5 nitrogen and oxygen atoms in total. The fourth-order valence-corrected chi connectivity index (χ4v) is 1.18. The second kappa shape index (κ2) is 7.40. The standard InChI is InChI=1S/C12H16N2O3/c1-2-17-14-11(15)8-9-13-12(16)10-6-4-3-5-7-10/h3-7H,2,8-9H2,1H3,(H,13,16)(H,14,15). The number of hydroxylamine groups is 1. The molecule has 1 aromatic carbocycles. The predicted octanol–water partition coefficient (Wildman–Crippen LogP) is 0.874. The van der Waals surface area contributed by atoms with Gasteiger partial charge in [-0.3, -0.25) is 14.4 Å². The highest BCUT2D eigenvalue weighted by Crippen LogP contribution is 1.97. The van der Waals surface area contributed by atoms with E-state index < -0.39 is 0 Å². The summed E-state index contributed by atoms with van der Waals surface area (Å²) in [5.74, 6) is -0.435. The first kappa shape index (κ1) is 13.2. The van der Waals surface area contributed by atoms with Crippen LogP contribution in [0.4, 0.5) is 0 Å². The molecule has 0 fully saturated rings. The molecular weight excluding hydrogens is 220 g/mol. The summed E-state index contributed by atoms with van der Waals surface area (Å²) in [5, 5.41) is 2.65. The maximum Gasteiger partial charge on any atom is 0.251 e. The number of nitrogens with one attached hydrogen (secondary N) is 2. The first-order valence-corrected chi connectivity index (χ1v) is 5.48. The van der Waals surface area contributed by atoms with Gasteiger partial charge in [-0.1, -0.05) is 18.2 Å². The Labute approximate surface area is 100 Å². The monoisotopic (exact) mass is 236 g/mol. The molecule has 92 valence electrons. The molecule has 0 bridgehead atoms. The average molecular weight is 236 g/mol. The van der Waals surface area contributed by atoms with E-state index in [1.54, 1.807) is 31.2 Å². The van der Waals surface area contributed by atoms with Crippen molar-refractivity contribution < 1.29 is 14.4 Å². The fraction of sp³-hybridized carbons (Fsp3) is 0.333. The van der Waals surface area contributed by atoms with Crippen molar-refractivity contribution in [2.24, 2.45) is 0 Å². The van der Waals surface area contributed by atoms with E-state index in [0.29, 0.717) is 12.2 Å². The van der Waals surface area contributed by atoms with E-state index in [9.17, 15) is 9.59 Å². The van der Waals surface area contributed by atoms with Gasteiger partial charge >= 0.3 is 0 Å². The Hall–Kier alpha value is -1.88. The third-order valence-corrected chi connectivity index (χ3v) is 2.00. The second-order valence-electron chi connectivity index (χ2n) is 3.33. The molecule has 0 saturated heterocycles. The van der Waals surface area contributed by atoms with E-state index in [-0.39, 0.29) is 24.8 Å². The molecule has 0 aromatic heterocycles. The fourth-order valence-electron chi connectivity index (χ4n) is 1.18. The van der Waals surface area contributed by atoms with Gasteiger partial charge in [0.1, 0.15) is 0 Å². The molecule has 2 N–H and O–H groups in total. The van der Waals surface area contributed by atoms with Gasteiger partial charge in [-0.05, 0) is 19.1 Å². The molecule has 0 saturated carbocycles. The van der Waals surface area contributed by atoms with Crippen molar-refractivity contribution in [3.63, 3.8) is 0 Å². The zero-order chi connectivity index (χ0) is 12.5. The lowest BCUT2D eigenvalue weighted by Gasteiger charge is -2.05. The van der Waals surface area contributed by atoms with Crippen LogP contribution in [0, 0.1) is 0 Å². The highest BCUT2D eigenvalue weighted by Gasteiger charge is 2.05. The molecule has 5 heteroatoms. The lowest BCUT2D eigenvalue weighted by Crippen LogP contribution is -2.30. The zero-order valence-corrected chi connectivity index (χ0v) is 9.73. The normalized spacial score (nSPS) is 9.71. The summed E-state index contributed by atoms with van der Waals surface area (Å²) in [6.07, 6.45) is 0.193. The van der Waals surface area contributed by atoms with Crippen LogP contribution in [0.5, 0.6) is 0 Å². The van der Waals surface area contributed by atoms with Crippen molar-refractivity contribution in [2.45, 2.75) is 13.3 Å². The number of rotatable bonds is 6. The van der Waals surface area contributed by atoms with Gasteiger partial charge in [-0.2, -0.15) is 0 Å². The minimum atomic E-state index is -0.250. The Bertz CT molecular complexity index is 365. The summed E-state index contributed by atoms with van der Waals surface area (Å²) >= 11 is 0. The Morgan fingerprint density at radius 2 is 1.94 bits per heavy atom. The maximum absolute atomic E-state index is 11.6. The molecule has 2 amide bonds. The summed E-state index contributed by atoms with van der Waals surface area (Å²) < 4.78 is 0. The molecular formula is C12H16N2O3. The summed E-state index contributed by atoms with van der Waals surface area (Å²) in [5.41, 5.74) is 2.84. The minimum absolute atomic E-state index is 0.185. The Morgan fingerprint density at radius 1 is 1.24 bits per heavy atom. The summed E-state index contributed by atoms with van der Waals surface area (Å²) in [7, 11) is 0. The smallest absolute Gasteiger partial charge is 0.251 e. The Morgan fingerprint density at radius 3 is 2.59 bits per heavy atom. The zero-order valence-electron chi connectivity index (χ0n) is 9.73. The van der Waals surface area contributed by atoms with E-state index in [1.807, 2.05) is 6.07 Å². The van der Waals surface area contributed by atoms with E-state index in [4.69, 9.17) is 4.84 Å². The van der Waals surface area contributed by atoms with Crippen LogP contribution in [0.2, 0.25) is 0 Å². The topological polar surface area (TPSA) is 67.4 Å². The van der Waals surface area contributed by atoms with Crippen molar-refractivity contribution in [3.05, 3.63) is 35.9 Å². The lowest BCUT2D eigenvalue weighted by molar-refractivity contribution is -0.133. The quantitative estimate of drug-likeness (QED) is 0.720. The average Bonchev–Trinajstić information content (AvgIpc) is 2.37. The van der Waals surface area contributed by atoms with Crippen molar-refractivity contribution in [3.8, 4) is 0 Å². The Balaban J connectivity index is 2.23. The number of hydrogen-bond donors (Lipinski definition) is 2. The molecule has 0 radical (unpaired) electrons. The van der Waals surface area contributed by atoms with Gasteiger partial charge in [0.05, 0.1) is 6.61 Å². The number of amides is 2.